The molecule has 5 heteroatoms. The van der Waals surface area contributed by atoms with Crippen molar-refractivity contribution >= 4 is 18.0 Å². The monoisotopic (exact) mass is 354 g/mol. The highest BCUT2D eigenvalue weighted by atomic mass is 16.5. The van der Waals surface area contributed by atoms with E-state index < -0.39 is 0 Å². The van der Waals surface area contributed by atoms with Crippen LogP contribution in [-0.2, 0) is 11.3 Å². The lowest BCUT2D eigenvalue weighted by Gasteiger charge is -2.12. The second kappa shape index (κ2) is 9.04. The maximum Gasteiger partial charge on any atom is 0.338 e. The molecular formula is C21H26N2O3. The van der Waals surface area contributed by atoms with Gasteiger partial charge in [0.15, 0.2) is 0 Å². The van der Waals surface area contributed by atoms with Gasteiger partial charge in [0.1, 0.15) is 12.4 Å². The fraction of sp³-hybridized carbons (Fsp3) is 0.333. The minimum atomic E-state index is -0.331. The van der Waals surface area contributed by atoms with Crippen molar-refractivity contribution in [3.8, 4) is 5.75 Å². The van der Waals surface area contributed by atoms with E-state index in [1.165, 1.54) is 0 Å². The molecule has 0 aliphatic heterocycles. The SMILES string of the molecule is CCN(C)C=Nc1ccc(C(=O)OCc2ccc(OC)cc2)c(C)c1C. The van der Waals surface area contributed by atoms with Gasteiger partial charge >= 0.3 is 5.97 Å². The third kappa shape index (κ3) is 4.85. The van der Waals surface area contributed by atoms with Gasteiger partial charge < -0.3 is 14.4 Å². The van der Waals surface area contributed by atoms with Crippen LogP contribution >= 0.6 is 0 Å². The molecule has 0 saturated heterocycles. The van der Waals surface area contributed by atoms with E-state index in [4.69, 9.17) is 9.47 Å². The first-order valence-electron chi connectivity index (χ1n) is 8.61. The van der Waals surface area contributed by atoms with Crippen molar-refractivity contribution in [1.82, 2.24) is 4.90 Å². The zero-order chi connectivity index (χ0) is 19.1. The third-order valence-corrected chi connectivity index (χ3v) is 4.40. The van der Waals surface area contributed by atoms with E-state index in [1.54, 1.807) is 19.5 Å². The Bertz CT molecular complexity index is 783. The minimum absolute atomic E-state index is 0.225. The molecule has 2 aromatic rings. The van der Waals surface area contributed by atoms with Crippen molar-refractivity contribution in [2.45, 2.75) is 27.4 Å². The van der Waals surface area contributed by atoms with Crippen LogP contribution in [0, 0.1) is 13.8 Å². The Kier molecular flexibility index (Phi) is 6.78. The minimum Gasteiger partial charge on any atom is -0.497 e. The number of hydrogen-bond donors (Lipinski definition) is 0. The largest absolute Gasteiger partial charge is 0.497 e. The standard InChI is InChI=1S/C21H26N2O3/c1-6-23(4)14-22-20-12-11-19(15(2)16(20)3)21(24)26-13-17-7-9-18(25-5)10-8-17/h7-12,14H,6,13H2,1-5H3. The summed E-state index contributed by atoms with van der Waals surface area (Å²) in [5.41, 5.74) is 4.20. The van der Waals surface area contributed by atoms with E-state index in [0.29, 0.717) is 5.56 Å². The van der Waals surface area contributed by atoms with Crippen LogP contribution in [0.4, 0.5) is 5.69 Å². The van der Waals surface area contributed by atoms with Crippen LogP contribution in [-0.4, -0.2) is 37.9 Å². The number of carbonyl (C=O) groups excluding carboxylic acids is 1. The molecule has 0 radical (unpaired) electrons. The molecule has 0 atom stereocenters. The summed E-state index contributed by atoms with van der Waals surface area (Å²) in [6.45, 7) is 7.06. The molecule has 26 heavy (non-hydrogen) atoms. The van der Waals surface area contributed by atoms with E-state index in [-0.39, 0.29) is 12.6 Å². The molecule has 5 nitrogen and oxygen atoms in total. The molecule has 0 aliphatic carbocycles. The van der Waals surface area contributed by atoms with Crippen molar-refractivity contribution in [3.63, 3.8) is 0 Å². The molecule has 2 rings (SSSR count). The van der Waals surface area contributed by atoms with Gasteiger partial charge in [-0.2, -0.15) is 0 Å². The maximum atomic E-state index is 12.4. The zero-order valence-corrected chi connectivity index (χ0v) is 16.1. The number of rotatable bonds is 7. The van der Waals surface area contributed by atoms with Crippen LogP contribution in [0.2, 0.25) is 0 Å². The molecule has 0 saturated carbocycles. The lowest BCUT2D eigenvalue weighted by Crippen LogP contribution is -2.14. The van der Waals surface area contributed by atoms with Gasteiger partial charge in [-0.05, 0) is 61.7 Å². The number of benzene rings is 2. The van der Waals surface area contributed by atoms with Crippen molar-refractivity contribution in [1.29, 1.82) is 0 Å². The molecule has 0 heterocycles. The van der Waals surface area contributed by atoms with Gasteiger partial charge in [0.2, 0.25) is 0 Å². The highest BCUT2D eigenvalue weighted by molar-refractivity contribution is 5.92. The van der Waals surface area contributed by atoms with E-state index in [2.05, 4.69) is 11.9 Å². The van der Waals surface area contributed by atoms with E-state index >= 15 is 0 Å². The van der Waals surface area contributed by atoms with Gasteiger partial charge in [-0.15, -0.1) is 0 Å². The maximum absolute atomic E-state index is 12.4. The zero-order valence-electron chi connectivity index (χ0n) is 16.1. The Morgan fingerprint density at radius 1 is 1.12 bits per heavy atom. The lowest BCUT2D eigenvalue weighted by molar-refractivity contribution is 0.0472. The Morgan fingerprint density at radius 3 is 2.42 bits per heavy atom. The van der Waals surface area contributed by atoms with Crippen molar-refractivity contribution in [2.24, 2.45) is 4.99 Å². The normalized spacial score (nSPS) is 10.8. The van der Waals surface area contributed by atoms with Crippen LogP contribution in [0.3, 0.4) is 0 Å². The number of aliphatic imine (C=N–C) groups is 1. The third-order valence-electron chi connectivity index (χ3n) is 4.40. The molecule has 0 unspecified atom stereocenters. The van der Waals surface area contributed by atoms with Gasteiger partial charge in [-0.1, -0.05) is 12.1 Å². The van der Waals surface area contributed by atoms with E-state index in [0.717, 1.165) is 34.7 Å². The summed E-state index contributed by atoms with van der Waals surface area (Å²) in [4.78, 5) is 18.9. The second-order valence-corrected chi connectivity index (χ2v) is 6.12. The predicted molar refractivity (Wildman–Crippen MR) is 104 cm³/mol. The summed E-state index contributed by atoms with van der Waals surface area (Å²) in [5.74, 6) is 0.444. The van der Waals surface area contributed by atoms with Crippen LogP contribution < -0.4 is 4.74 Å². The molecule has 0 fully saturated rings. The summed E-state index contributed by atoms with van der Waals surface area (Å²) >= 11 is 0. The molecule has 0 spiro atoms. The molecular weight excluding hydrogens is 328 g/mol. The highest BCUT2D eigenvalue weighted by Crippen LogP contribution is 2.25. The van der Waals surface area contributed by atoms with Crippen molar-refractivity contribution in [3.05, 3.63) is 58.7 Å². The summed E-state index contributed by atoms with van der Waals surface area (Å²) in [7, 11) is 3.59. The average Bonchev–Trinajstić information content (AvgIpc) is 2.67. The van der Waals surface area contributed by atoms with E-state index in [1.807, 2.05) is 56.1 Å². The fourth-order valence-electron chi connectivity index (χ4n) is 2.36. The first kappa shape index (κ1) is 19.5. The molecule has 0 N–H and O–H groups in total. The second-order valence-electron chi connectivity index (χ2n) is 6.12. The highest BCUT2D eigenvalue weighted by Gasteiger charge is 2.14. The first-order valence-corrected chi connectivity index (χ1v) is 8.61. The Morgan fingerprint density at radius 2 is 1.81 bits per heavy atom. The molecule has 138 valence electrons. The van der Waals surface area contributed by atoms with Crippen molar-refractivity contribution in [2.75, 3.05) is 20.7 Å². The number of esters is 1. The van der Waals surface area contributed by atoms with Crippen LogP contribution in [0.1, 0.15) is 34.0 Å². The summed E-state index contributed by atoms with van der Waals surface area (Å²) in [6.07, 6.45) is 1.80. The molecule has 2 aromatic carbocycles. The summed E-state index contributed by atoms with van der Waals surface area (Å²) in [6, 6.07) is 11.1. The van der Waals surface area contributed by atoms with Gasteiger partial charge in [0.05, 0.1) is 24.7 Å². The number of methoxy groups -OCH3 is 1. The Labute approximate surface area is 155 Å². The predicted octanol–water partition coefficient (Wildman–Crippen LogP) is 4.28. The van der Waals surface area contributed by atoms with Crippen LogP contribution in [0.15, 0.2) is 41.4 Å². The van der Waals surface area contributed by atoms with Gasteiger partial charge in [0, 0.05) is 13.6 Å². The van der Waals surface area contributed by atoms with Crippen molar-refractivity contribution < 1.29 is 14.3 Å². The number of nitrogens with zero attached hydrogens (tertiary/aromatic N) is 2. The van der Waals surface area contributed by atoms with Crippen LogP contribution in [0.5, 0.6) is 5.75 Å². The van der Waals surface area contributed by atoms with Gasteiger partial charge in [-0.3, -0.25) is 0 Å². The molecule has 0 aliphatic rings. The quantitative estimate of drug-likeness (QED) is 0.423. The lowest BCUT2D eigenvalue weighted by atomic mass is 10.0. The summed E-state index contributed by atoms with van der Waals surface area (Å²) < 4.78 is 10.6. The number of hydrogen-bond acceptors (Lipinski definition) is 4. The van der Waals surface area contributed by atoms with E-state index in [9.17, 15) is 4.79 Å². The fourth-order valence-corrected chi connectivity index (χ4v) is 2.36. The molecule has 0 aromatic heterocycles. The number of ether oxygens (including phenoxy) is 2. The Hall–Kier alpha value is -2.82. The summed E-state index contributed by atoms with van der Waals surface area (Å²) in [5, 5.41) is 0. The molecule has 0 amide bonds. The van der Waals surface area contributed by atoms with Gasteiger partial charge in [-0.25, -0.2) is 9.79 Å². The van der Waals surface area contributed by atoms with Gasteiger partial charge in [0.25, 0.3) is 0 Å². The number of carbonyl (C=O) groups is 1. The average molecular weight is 354 g/mol. The topological polar surface area (TPSA) is 51.1 Å². The molecule has 0 bridgehead atoms. The Balaban J connectivity index is 2.08. The smallest absolute Gasteiger partial charge is 0.338 e. The first-order chi connectivity index (χ1) is 12.5. The van der Waals surface area contributed by atoms with Crippen LogP contribution in [0.25, 0.3) is 0 Å².